The van der Waals surface area contributed by atoms with Gasteiger partial charge in [0.2, 0.25) is 0 Å². The molecule has 0 unspecified atom stereocenters. The van der Waals surface area contributed by atoms with Crippen molar-refractivity contribution >= 4 is 10.4 Å². The third-order valence-electron chi connectivity index (χ3n) is 6.48. The predicted molar refractivity (Wildman–Crippen MR) is 126 cm³/mol. The number of aliphatic hydroxyl groups is 7. The first-order valence-electron chi connectivity index (χ1n) is 11.5. The fourth-order valence-electron chi connectivity index (χ4n) is 4.40. The summed E-state index contributed by atoms with van der Waals surface area (Å²) in [6, 6.07) is -2.86. The molecule has 0 bridgehead atoms. The van der Waals surface area contributed by atoms with Gasteiger partial charge in [-0.15, -0.1) is 0 Å². The van der Waals surface area contributed by atoms with Gasteiger partial charge in [-0.25, -0.2) is 0 Å². The highest BCUT2D eigenvalue weighted by Gasteiger charge is 2.51. The normalized spacial score (nSPS) is 46.9. The maximum Gasteiger partial charge on any atom is 0.394 e. The fraction of sp³-hybridized carbons (Fsp3) is 1.00. The van der Waals surface area contributed by atoms with Crippen molar-refractivity contribution in [2.24, 2.45) is 22.9 Å². The summed E-state index contributed by atoms with van der Waals surface area (Å²) in [6.07, 6.45) is -16.5. The molecule has 0 aromatic rings. The van der Waals surface area contributed by atoms with E-state index in [9.17, 15) is 35.7 Å². The highest BCUT2D eigenvalue weighted by atomic mass is 32.3. The van der Waals surface area contributed by atoms with E-state index in [2.05, 4.69) is 0 Å². The topological polar surface area (TPSA) is 389 Å². The number of hydrogen-bond donors (Lipinski definition) is 13. The Balaban J connectivity index is 0.00000116. The van der Waals surface area contributed by atoms with Crippen molar-refractivity contribution in [3.8, 4) is 0 Å². The summed E-state index contributed by atoms with van der Waals surface area (Å²) < 4.78 is 53.8. The first-order chi connectivity index (χ1) is 17.5. The average molecular weight is 601 g/mol. The number of hydrogen-bond acceptors (Lipinski definition) is 17. The summed E-state index contributed by atoms with van der Waals surface area (Å²) in [5.74, 6) is 0. The lowest BCUT2D eigenvalue weighted by molar-refractivity contribution is -0.332. The fourth-order valence-corrected chi connectivity index (χ4v) is 4.40. The maximum atomic E-state index is 10.9. The van der Waals surface area contributed by atoms with E-state index in [0.717, 1.165) is 0 Å². The zero-order valence-electron chi connectivity index (χ0n) is 20.5. The molecular weight excluding hydrogens is 560 g/mol. The summed E-state index contributed by atoms with van der Waals surface area (Å²) >= 11 is 0. The van der Waals surface area contributed by atoms with Gasteiger partial charge in [-0.1, -0.05) is 0 Å². The van der Waals surface area contributed by atoms with Gasteiger partial charge in [0.15, 0.2) is 12.6 Å². The molecule has 20 nitrogen and oxygen atoms in total. The lowest BCUT2D eigenvalue weighted by Crippen LogP contribution is -2.68. The van der Waals surface area contributed by atoms with Crippen LogP contribution in [0, 0.1) is 0 Å². The molecule has 234 valence electrons. The van der Waals surface area contributed by atoms with Gasteiger partial charge in [-0.05, 0) is 6.42 Å². The molecule has 0 spiro atoms. The molecule has 19 N–H and O–H groups in total. The second kappa shape index (κ2) is 14.9. The van der Waals surface area contributed by atoms with Crippen molar-refractivity contribution in [1.29, 1.82) is 0 Å². The number of ether oxygens (including phenoxy) is 4. The van der Waals surface area contributed by atoms with Gasteiger partial charge in [0.1, 0.15) is 61.0 Å². The van der Waals surface area contributed by atoms with Crippen LogP contribution in [-0.2, 0) is 29.3 Å². The third-order valence-corrected chi connectivity index (χ3v) is 6.48. The van der Waals surface area contributed by atoms with Crippen LogP contribution in [0.5, 0.6) is 0 Å². The predicted octanol–water partition coefficient (Wildman–Crippen LogP) is -8.77. The summed E-state index contributed by atoms with van der Waals surface area (Å²) in [7, 11) is -4.67. The van der Waals surface area contributed by atoms with Crippen LogP contribution in [-0.4, -0.2) is 164 Å². The SMILES string of the molecule is NC[C@H]1O[C@H](O[C@H]2[C@H](O)[C@@H](O[C@H]3O[C@H](CO)[C@@H](O)[C@H](N)[C@H]3O)[C@H](N)C[C@@H]2N)[C@H](O)[C@@H](O)[C@@H]1O.O.O=S(=O)(O)O. The minimum atomic E-state index is -4.67. The molecular formula is C18H40N4O16S. The molecule has 1 aliphatic carbocycles. The van der Waals surface area contributed by atoms with Gasteiger partial charge in [0.05, 0.1) is 12.6 Å². The maximum absolute atomic E-state index is 10.9. The molecule has 21 heteroatoms. The second-order valence-electron chi connectivity index (χ2n) is 9.24. The van der Waals surface area contributed by atoms with Gasteiger partial charge in [-0.2, -0.15) is 8.42 Å². The van der Waals surface area contributed by atoms with Crippen LogP contribution in [0.25, 0.3) is 0 Å². The Hall–Kier alpha value is -0.770. The largest absolute Gasteiger partial charge is 0.412 e. The zero-order chi connectivity index (χ0) is 29.1. The molecule has 15 atom stereocenters. The molecule has 39 heavy (non-hydrogen) atoms. The van der Waals surface area contributed by atoms with Crippen molar-refractivity contribution in [3.63, 3.8) is 0 Å². The van der Waals surface area contributed by atoms with Crippen LogP contribution in [0.3, 0.4) is 0 Å². The molecule has 2 heterocycles. The van der Waals surface area contributed by atoms with Crippen molar-refractivity contribution in [2.75, 3.05) is 13.2 Å². The Kier molecular flexibility index (Phi) is 13.9. The van der Waals surface area contributed by atoms with Gasteiger partial charge in [0.25, 0.3) is 0 Å². The van der Waals surface area contributed by atoms with Gasteiger partial charge < -0.3 is 83.1 Å². The molecule has 0 radical (unpaired) electrons. The Morgan fingerprint density at radius 3 is 1.59 bits per heavy atom. The summed E-state index contributed by atoms with van der Waals surface area (Å²) in [5.41, 5.74) is 23.5. The van der Waals surface area contributed by atoms with E-state index in [-0.39, 0.29) is 18.4 Å². The molecule has 1 saturated carbocycles. The van der Waals surface area contributed by atoms with Crippen LogP contribution < -0.4 is 22.9 Å². The monoisotopic (exact) mass is 600 g/mol. The van der Waals surface area contributed by atoms with E-state index in [4.69, 9.17) is 59.4 Å². The Morgan fingerprint density at radius 2 is 1.15 bits per heavy atom. The third kappa shape index (κ3) is 9.11. The van der Waals surface area contributed by atoms with Crippen LogP contribution in [0.15, 0.2) is 0 Å². The van der Waals surface area contributed by atoms with Crippen molar-refractivity contribution in [1.82, 2.24) is 0 Å². The molecule has 0 amide bonds. The van der Waals surface area contributed by atoms with E-state index in [0.29, 0.717) is 0 Å². The van der Waals surface area contributed by atoms with E-state index in [1.54, 1.807) is 0 Å². The lowest BCUT2D eigenvalue weighted by atomic mass is 9.84. The molecule has 2 aliphatic heterocycles. The first kappa shape index (κ1) is 36.3. The van der Waals surface area contributed by atoms with E-state index in [1.165, 1.54) is 0 Å². The zero-order valence-corrected chi connectivity index (χ0v) is 21.3. The number of aliphatic hydroxyl groups excluding tert-OH is 7. The Morgan fingerprint density at radius 1 is 0.718 bits per heavy atom. The van der Waals surface area contributed by atoms with E-state index >= 15 is 0 Å². The second-order valence-corrected chi connectivity index (χ2v) is 10.1. The Bertz CT molecular complexity index is 784. The van der Waals surface area contributed by atoms with Gasteiger partial charge in [-0.3, -0.25) is 9.11 Å². The van der Waals surface area contributed by atoms with Crippen molar-refractivity contribution < 1.29 is 77.7 Å². The lowest BCUT2D eigenvalue weighted by Gasteiger charge is -2.48. The number of nitrogens with two attached hydrogens (primary N) is 4. The molecule has 0 aromatic heterocycles. The molecule has 0 aromatic carbocycles. The highest BCUT2D eigenvalue weighted by molar-refractivity contribution is 7.79. The summed E-state index contributed by atoms with van der Waals surface area (Å²) in [5, 5.41) is 70.9. The van der Waals surface area contributed by atoms with Crippen molar-refractivity contribution in [2.45, 2.75) is 98.2 Å². The number of rotatable bonds is 6. The van der Waals surface area contributed by atoms with Crippen LogP contribution in [0.2, 0.25) is 0 Å². The van der Waals surface area contributed by atoms with Crippen LogP contribution >= 0.6 is 0 Å². The first-order valence-corrected chi connectivity index (χ1v) is 12.9. The molecule has 3 rings (SSSR count). The average Bonchev–Trinajstić information content (AvgIpc) is 2.83. The minimum Gasteiger partial charge on any atom is -0.412 e. The van der Waals surface area contributed by atoms with E-state index < -0.39 is 109 Å². The van der Waals surface area contributed by atoms with Crippen LogP contribution in [0.1, 0.15) is 6.42 Å². The Labute approximate surface area is 222 Å². The quantitative estimate of drug-likeness (QED) is 0.126. The summed E-state index contributed by atoms with van der Waals surface area (Å²) in [4.78, 5) is 0. The minimum absolute atomic E-state index is 0. The molecule has 3 aliphatic rings. The smallest absolute Gasteiger partial charge is 0.394 e. The summed E-state index contributed by atoms with van der Waals surface area (Å²) in [6.45, 7) is -0.763. The van der Waals surface area contributed by atoms with Gasteiger partial charge >= 0.3 is 10.4 Å². The van der Waals surface area contributed by atoms with E-state index in [1.807, 2.05) is 0 Å². The van der Waals surface area contributed by atoms with Crippen molar-refractivity contribution in [3.05, 3.63) is 0 Å². The van der Waals surface area contributed by atoms with Gasteiger partial charge in [0, 0.05) is 18.6 Å². The molecule has 3 fully saturated rings. The molecule has 2 saturated heterocycles. The highest BCUT2D eigenvalue weighted by Crippen LogP contribution is 2.31. The standard InChI is InChI=1S/C18H36N4O11.H2O4S.H2O/c19-2-6-10(25)12(27)13(28)18(30-6)33-16-5(21)1-4(20)15(14(16)29)32-17-11(26)8(22)9(24)7(3-23)31-17;1-5(2,3)4;/h4-18,23-29H,1-3,19-22H2;(H2,1,2,3,4);1H2/t4-,5+,6-,7-,8+,9-,10-,11-,12+,13-,14-,15+,16-,17-,18-;;/m1../s1. The van der Waals surface area contributed by atoms with Crippen LogP contribution in [0.4, 0.5) is 0 Å².